The van der Waals surface area contributed by atoms with E-state index in [0.29, 0.717) is 37.5 Å². The second-order valence-corrected chi connectivity index (χ2v) is 4.75. The largest absolute Gasteiger partial charge is 0.493 e. The lowest BCUT2D eigenvalue weighted by atomic mass is 10.1. The van der Waals surface area contributed by atoms with E-state index in [1.807, 2.05) is 25.1 Å². The van der Waals surface area contributed by atoms with E-state index in [0.717, 1.165) is 5.56 Å². The normalized spacial score (nSPS) is 18.1. The Morgan fingerprint density at radius 1 is 1.35 bits per heavy atom. The van der Waals surface area contributed by atoms with Gasteiger partial charge in [0, 0.05) is 13.0 Å². The Balaban J connectivity index is 1.95. The predicted molar refractivity (Wildman–Crippen MR) is 75.0 cm³/mol. The quantitative estimate of drug-likeness (QED) is 0.825. The molecular formula is C15H21NO4. The van der Waals surface area contributed by atoms with Gasteiger partial charge in [-0.3, -0.25) is 4.79 Å². The van der Waals surface area contributed by atoms with Crippen LogP contribution in [0, 0.1) is 0 Å². The van der Waals surface area contributed by atoms with Gasteiger partial charge in [0.05, 0.1) is 20.8 Å². The first-order valence-electron chi connectivity index (χ1n) is 6.77. The summed E-state index contributed by atoms with van der Waals surface area (Å²) in [4.78, 5) is 13.9. The molecule has 0 spiro atoms. The molecule has 1 unspecified atom stereocenters. The maximum absolute atomic E-state index is 12.1. The van der Waals surface area contributed by atoms with E-state index >= 15 is 0 Å². The van der Waals surface area contributed by atoms with Crippen LogP contribution in [0.5, 0.6) is 11.5 Å². The van der Waals surface area contributed by atoms with Crippen LogP contribution in [0.1, 0.15) is 18.9 Å². The summed E-state index contributed by atoms with van der Waals surface area (Å²) in [7, 11) is 3.21. The zero-order valence-corrected chi connectivity index (χ0v) is 12.2. The smallest absolute Gasteiger partial charge is 0.225 e. The van der Waals surface area contributed by atoms with Crippen molar-refractivity contribution in [1.82, 2.24) is 4.90 Å². The highest BCUT2D eigenvalue weighted by atomic mass is 16.5. The van der Waals surface area contributed by atoms with Crippen LogP contribution in [0.15, 0.2) is 18.2 Å². The fraction of sp³-hybridized carbons (Fsp3) is 0.533. The number of nitrogens with zero attached hydrogens (tertiary/aromatic N) is 1. The third kappa shape index (κ3) is 3.22. The standard InChI is InChI=1S/C15H21NO4/c1-11-16(8-9-20-11)15(17)7-5-12-4-6-13(18-2)14(10-12)19-3/h4,6,10-11H,5,7-9H2,1-3H3. The Morgan fingerprint density at radius 2 is 2.10 bits per heavy atom. The van der Waals surface area contributed by atoms with Crippen molar-refractivity contribution in [2.45, 2.75) is 26.0 Å². The molecule has 1 heterocycles. The number of aryl methyl sites for hydroxylation is 1. The van der Waals surface area contributed by atoms with Gasteiger partial charge >= 0.3 is 0 Å². The van der Waals surface area contributed by atoms with Crippen molar-refractivity contribution in [3.8, 4) is 11.5 Å². The van der Waals surface area contributed by atoms with Crippen molar-refractivity contribution in [2.24, 2.45) is 0 Å². The van der Waals surface area contributed by atoms with Crippen LogP contribution in [0.4, 0.5) is 0 Å². The van der Waals surface area contributed by atoms with Crippen molar-refractivity contribution in [1.29, 1.82) is 0 Å². The number of hydrogen-bond donors (Lipinski definition) is 0. The first-order chi connectivity index (χ1) is 9.65. The summed E-state index contributed by atoms with van der Waals surface area (Å²) in [6, 6.07) is 5.73. The maximum Gasteiger partial charge on any atom is 0.225 e. The summed E-state index contributed by atoms with van der Waals surface area (Å²) < 4.78 is 15.8. The molecule has 1 fully saturated rings. The minimum atomic E-state index is -0.104. The molecule has 20 heavy (non-hydrogen) atoms. The Morgan fingerprint density at radius 3 is 2.70 bits per heavy atom. The van der Waals surface area contributed by atoms with Crippen LogP contribution in [0.3, 0.4) is 0 Å². The topological polar surface area (TPSA) is 48.0 Å². The molecular weight excluding hydrogens is 258 g/mol. The van der Waals surface area contributed by atoms with Gasteiger partial charge in [-0.25, -0.2) is 0 Å². The monoisotopic (exact) mass is 279 g/mol. The van der Waals surface area contributed by atoms with Gasteiger partial charge in [-0.1, -0.05) is 6.07 Å². The minimum Gasteiger partial charge on any atom is -0.493 e. The van der Waals surface area contributed by atoms with Gasteiger partial charge in [0.15, 0.2) is 11.5 Å². The molecule has 0 N–H and O–H groups in total. The third-order valence-corrected chi connectivity index (χ3v) is 3.53. The van der Waals surface area contributed by atoms with E-state index in [1.165, 1.54) is 0 Å². The van der Waals surface area contributed by atoms with Crippen LogP contribution in [-0.2, 0) is 16.0 Å². The SMILES string of the molecule is COc1ccc(CCC(=O)N2CCOC2C)cc1OC. The number of rotatable bonds is 5. The van der Waals surface area contributed by atoms with Gasteiger partial charge in [0.1, 0.15) is 6.23 Å². The van der Waals surface area contributed by atoms with Crippen LogP contribution in [0.25, 0.3) is 0 Å². The number of carbonyl (C=O) groups excluding carboxylic acids is 1. The van der Waals surface area contributed by atoms with E-state index < -0.39 is 0 Å². The lowest BCUT2D eigenvalue weighted by molar-refractivity contribution is -0.135. The number of methoxy groups -OCH3 is 2. The third-order valence-electron chi connectivity index (χ3n) is 3.53. The molecule has 0 aromatic heterocycles. The molecule has 1 aromatic rings. The first-order valence-corrected chi connectivity index (χ1v) is 6.77. The number of carbonyl (C=O) groups is 1. The van der Waals surface area contributed by atoms with Gasteiger partial charge in [-0.2, -0.15) is 0 Å². The molecule has 0 saturated carbocycles. The Labute approximate surface area is 119 Å². The number of amides is 1. The summed E-state index contributed by atoms with van der Waals surface area (Å²) in [5, 5.41) is 0. The second kappa shape index (κ2) is 6.61. The number of hydrogen-bond acceptors (Lipinski definition) is 4. The Hall–Kier alpha value is -1.75. The number of benzene rings is 1. The van der Waals surface area contributed by atoms with Crippen molar-refractivity contribution in [2.75, 3.05) is 27.4 Å². The zero-order chi connectivity index (χ0) is 14.5. The molecule has 110 valence electrons. The van der Waals surface area contributed by atoms with Gasteiger partial charge in [-0.05, 0) is 31.0 Å². The average Bonchev–Trinajstić information content (AvgIpc) is 2.90. The van der Waals surface area contributed by atoms with E-state index in [4.69, 9.17) is 14.2 Å². The van der Waals surface area contributed by atoms with Gasteiger partial charge in [0.2, 0.25) is 5.91 Å². The minimum absolute atomic E-state index is 0.104. The molecule has 0 bridgehead atoms. The van der Waals surface area contributed by atoms with Gasteiger partial charge < -0.3 is 19.1 Å². The molecule has 1 saturated heterocycles. The van der Waals surface area contributed by atoms with Crippen molar-refractivity contribution in [3.05, 3.63) is 23.8 Å². The maximum atomic E-state index is 12.1. The van der Waals surface area contributed by atoms with Crippen LogP contribution >= 0.6 is 0 Å². The molecule has 0 aliphatic carbocycles. The summed E-state index contributed by atoms with van der Waals surface area (Å²) >= 11 is 0. The summed E-state index contributed by atoms with van der Waals surface area (Å²) in [6.45, 7) is 3.22. The molecule has 2 rings (SSSR count). The van der Waals surface area contributed by atoms with Gasteiger partial charge in [-0.15, -0.1) is 0 Å². The van der Waals surface area contributed by atoms with Crippen molar-refractivity contribution in [3.63, 3.8) is 0 Å². The highest BCUT2D eigenvalue weighted by Gasteiger charge is 2.25. The van der Waals surface area contributed by atoms with Crippen LogP contribution in [0.2, 0.25) is 0 Å². The first kappa shape index (κ1) is 14.7. The van der Waals surface area contributed by atoms with Crippen molar-refractivity contribution >= 4 is 5.91 Å². The lowest BCUT2D eigenvalue weighted by Gasteiger charge is -2.19. The van der Waals surface area contributed by atoms with E-state index in [9.17, 15) is 4.79 Å². The van der Waals surface area contributed by atoms with Crippen LogP contribution in [-0.4, -0.2) is 44.4 Å². The summed E-state index contributed by atoms with van der Waals surface area (Å²) in [6.07, 6.45) is 1.05. The Bertz CT molecular complexity index is 475. The number of ether oxygens (including phenoxy) is 3. The second-order valence-electron chi connectivity index (χ2n) is 4.75. The fourth-order valence-electron chi connectivity index (χ4n) is 2.35. The highest BCUT2D eigenvalue weighted by molar-refractivity contribution is 5.76. The molecule has 1 aliphatic rings. The molecule has 1 atom stereocenters. The Kier molecular flexibility index (Phi) is 4.84. The fourth-order valence-corrected chi connectivity index (χ4v) is 2.35. The summed E-state index contributed by atoms with van der Waals surface area (Å²) in [5.74, 6) is 1.52. The van der Waals surface area contributed by atoms with E-state index in [1.54, 1.807) is 19.1 Å². The van der Waals surface area contributed by atoms with Crippen LogP contribution < -0.4 is 9.47 Å². The average molecular weight is 279 g/mol. The predicted octanol–water partition coefficient (Wildman–Crippen LogP) is 1.84. The zero-order valence-electron chi connectivity index (χ0n) is 12.2. The van der Waals surface area contributed by atoms with E-state index in [2.05, 4.69) is 0 Å². The van der Waals surface area contributed by atoms with Crippen molar-refractivity contribution < 1.29 is 19.0 Å². The highest BCUT2D eigenvalue weighted by Crippen LogP contribution is 2.28. The van der Waals surface area contributed by atoms with E-state index in [-0.39, 0.29) is 12.1 Å². The molecule has 1 aliphatic heterocycles. The summed E-state index contributed by atoms with van der Waals surface area (Å²) in [5.41, 5.74) is 1.06. The molecule has 0 radical (unpaired) electrons. The lowest BCUT2D eigenvalue weighted by Crippen LogP contribution is -2.34. The molecule has 5 heteroatoms. The molecule has 1 amide bonds. The van der Waals surface area contributed by atoms with Gasteiger partial charge in [0.25, 0.3) is 0 Å². The molecule has 1 aromatic carbocycles. The molecule has 5 nitrogen and oxygen atoms in total.